The normalized spacial score (nSPS) is 13.1. The molecule has 0 N–H and O–H groups in total. The Hall–Kier alpha value is -0.870. The Morgan fingerprint density at radius 1 is 1.53 bits per heavy atom. The van der Waals surface area contributed by atoms with Gasteiger partial charge >= 0.3 is 0 Å². The van der Waals surface area contributed by atoms with Crippen molar-refractivity contribution in [3.05, 3.63) is 16.4 Å². The zero-order valence-corrected chi connectivity index (χ0v) is 11.7. The first-order valence-corrected chi connectivity index (χ1v) is 5.99. The van der Waals surface area contributed by atoms with Gasteiger partial charge in [-0.3, -0.25) is 9.48 Å². The predicted molar refractivity (Wildman–Crippen MR) is 67.3 cm³/mol. The minimum Gasteiger partial charge on any atom is -0.373 e. The van der Waals surface area contributed by atoms with Gasteiger partial charge in [0.25, 0.3) is 0 Å². The summed E-state index contributed by atoms with van der Waals surface area (Å²) in [7, 11) is 3.34. The van der Waals surface area contributed by atoms with Gasteiger partial charge in [-0.1, -0.05) is 25.4 Å². The molecule has 1 atom stereocenters. The second-order valence-corrected chi connectivity index (χ2v) is 4.89. The van der Waals surface area contributed by atoms with Gasteiger partial charge in [0, 0.05) is 14.2 Å². The summed E-state index contributed by atoms with van der Waals surface area (Å²) in [6, 6.07) is 0. The molecule has 4 nitrogen and oxygen atoms in total. The molecule has 0 spiro atoms. The largest absolute Gasteiger partial charge is 0.373 e. The molecule has 1 heterocycles. The van der Waals surface area contributed by atoms with Crippen molar-refractivity contribution in [2.45, 2.75) is 33.3 Å². The van der Waals surface area contributed by atoms with Crippen LogP contribution in [0.5, 0.6) is 0 Å². The van der Waals surface area contributed by atoms with Gasteiger partial charge in [-0.25, -0.2) is 0 Å². The highest BCUT2D eigenvalue weighted by molar-refractivity contribution is 6.32. The first-order valence-electron chi connectivity index (χ1n) is 5.62. The molecular formula is C12H19ClN2O2. The molecule has 0 saturated carbocycles. The van der Waals surface area contributed by atoms with Crippen LogP contribution < -0.4 is 0 Å². The van der Waals surface area contributed by atoms with Crippen LogP contribution >= 0.6 is 11.6 Å². The Labute approximate surface area is 107 Å². The number of Topliss-reactive ketones (excluding diaryl/α,β-unsaturated/α-hetero) is 1. The minimum atomic E-state index is -0.388. The van der Waals surface area contributed by atoms with E-state index in [0.717, 1.165) is 11.4 Å². The number of hydrogen-bond acceptors (Lipinski definition) is 3. The fraction of sp³-hybridized carbons (Fsp3) is 0.667. The fourth-order valence-electron chi connectivity index (χ4n) is 1.91. The summed E-state index contributed by atoms with van der Waals surface area (Å²) in [6.07, 6.45) is -0.131. The summed E-state index contributed by atoms with van der Waals surface area (Å²) in [4.78, 5) is 12.1. The van der Waals surface area contributed by atoms with E-state index < -0.39 is 0 Å². The number of ketones is 1. The minimum absolute atomic E-state index is 0.0346. The molecule has 0 bridgehead atoms. The first kappa shape index (κ1) is 14.2. The van der Waals surface area contributed by atoms with E-state index in [-0.39, 0.29) is 24.2 Å². The molecule has 1 aromatic rings. The lowest BCUT2D eigenvalue weighted by molar-refractivity contribution is -0.130. The highest BCUT2D eigenvalue weighted by Gasteiger charge is 2.24. The maximum Gasteiger partial charge on any atom is 0.167 e. The van der Waals surface area contributed by atoms with Crippen molar-refractivity contribution < 1.29 is 9.53 Å². The molecule has 0 aliphatic rings. The van der Waals surface area contributed by atoms with Crippen LogP contribution in [0.15, 0.2) is 0 Å². The molecule has 1 rings (SSSR count). The SMILES string of the molecule is COC(C(=O)Cc1c(Cl)c(C)nn1C)C(C)C. The molecule has 0 amide bonds. The molecule has 17 heavy (non-hydrogen) atoms. The number of hydrogen-bond donors (Lipinski definition) is 0. The molecule has 96 valence electrons. The molecule has 0 aliphatic carbocycles. The van der Waals surface area contributed by atoms with Gasteiger partial charge < -0.3 is 4.74 Å². The van der Waals surface area contributed by atoms with Crippen molar-refractivity contribution in [2.24, 2.45) is 13.0 Å². The van der Waals surface area contributed by atoms with Crippen molar-refractivity contribution in [2.75, 3.05) is 7.11 Å². The lowest BCUT2D eigenvalue weighted by Gasteiger charge is -2.17. The topological polar surface area (TPSA) is 44.1 Å². The standard InChI is InChI=1S/C12H19ClN2O2/c1-7(2)12(17-5)10(16)6-9-11(13)8(3)14-15(9)4/h7,12H,6H2,1-5H3. The number of carbonyl (C=O) groups excluding carboxylic acids is 1. The zero-order valence-electron chi connectivity index (χ0n) is 11.0. The second kappa shape index (κ2) is 5.65. The number of carbonyl (C=O) groups is 1. The maximum atomic E-state index is 12.1. The molecule has 0 saturated heterocycles. The lowest BCUT2D eigenvalue weighted by atomic mass is 10.00. The first-order chi connectivity index (χ1) is 7.88. The van der Waals surface area contributed by atoms with Crippen molar-refractivity contribution in [1.82, 2.24) is 9.78 Å². The second-order valence-electron chi connectivity index (χ2n) is 4.51. The van der Waals surface area contributed by atoms with Crippen molar-refractivity contribution in [3.63, 3.8) is 0 Å². The van der Waals surface area contributed by atoms with Crippen LogP contribution in [0.2, 0.25) is 5.02 Å². The van der Waals surface area contributed by atoms with E-state index >= 15 is 0 Å². The van der Waals surface area contributed by atoms with E-state index in [0.29, 0.717) is 5.02 Å². The van der Waals surface area contributed by atoms with Gasteiger partial charge in [0.1, 0.15) is 6.10 Å². The average molecular weight is 259 g/mol. The summed E-state index contributed by atoms with van der Waals surface area (Å²) in [5.74, 6) is 0.188. The lowest BCUT2D eigenvalue weighted by Crippen LogP contribution is -2.30. The highest BCUT2D eigenvalue weighted by atomic mass is 35.5. The van der Waals surface area contributed by atoms with E-state index in [1.165, 1.54) is 0 Å². The summed E-state index contributed by atoms with van der Waals surface area (Å²) < 4.78 is 6.87. The monoisotopic (exact) mass is 258 g/mol. The van der Waals surface area contributed by atoms with Gasteiger partial charge in [0.2, 0.25) is 0 Å². The zero-order chi connectivity index (χ0) is 13.2. The van der Waals surface area contributed by atoms with Crippen LogP contribution in [0.1, 0.15) is 25.2 Å². The summed E-state index contributed by atoms with van der Waals surface area (Å²) >= 11 is 6.11. The van der Waals surface area contributed by atoms with Crippen molar-refractivity contribution in [1.29, 1.82) is 0 Å². The summed E-state index contributed by atoms with van der Waals surface area (Å²) in [5, 5.41) is 4.75. The number of ether oxygens (including phenoxy) is 1. The molecule has 5 heteroatoms. The van der Waals surface area contributed by atoms with Gasteiger partial charge in [-0.15, -0.1) is 0 Å². The van der Waals surface area contributed by atoms with Crippen molar-refractivity contribution in [3.8, 4) is 0 Å². The smallest absolute Gasteiger partial charge is 0.167 e. The van der Waals surface area contributed by atoms with Crippen LogP contribution in [0.3, 0.4) is 0 Å². The summed E-state index contributed by atoms with van der Waals surface area (Å²) in [5.41, 5.74) is 1.49. The Balaban J connectivity index is 2.87. The highest BCUT2D eigenvalue weighted by Crippen LogP contribution is 2.21. The molecule has 0 fully saturated rings. The van der Waals surface area contributed by atoms with Gasteiger partial charge in [0.15, 0.2) is 5.78 Å². The number of methoxy groups -OCH3 is 1. The molecule has 0 aromatic carbocycles. The fourth-order valence-corrected chi connectivity index (χ4v) is 2.14. The van der Waals surface area contributed by atoms with Crippen LogP contribution in [-0.4, -0.2) is 28.8 Å². The Morgan fingerprint density at radius 3 is 2.47 bits per heavy atom. The van der Waals surface area contributed by atoms with E-state index in [1.54, 1.807) is 18.8 Å². The van der Waals surface area contributed by atoms with Crippen LogP contribution in [0, 0.1) is 12.8 Å². The quantitative estimate of drug-likeness (QED) is 0.813. The summed E-state index contributed by atoms with van der Waals surface area (Å²) in [6.45, 7) is 5.75. The van der Waals surface area contributed by atoms with E-state index in [1.807, 2.05) is 20.8 Å². The number of halogens is 1. The molecule has 0 radical (unpaired) electrons. The third kappa shape index (κ3) is 3.07. The average Bonchev–Trinajstić information content (AvgIpc) is 2.45. The van der Waals surface area contributed by atoms with E-state index in [4.69, 9.17) is 16.3 Å². The van der Waals surface area contributed by atoms with Gasteiger partial charge in [-0.05, 0) is 12.8 Å². The third-order valence-electron chi connectivity index (χ3n) is 2.78. The maximum absolute atomic E-state index is 12.1. The third-order valence-corrected chi connectivity index (χ3v) is 3.27. The molecule has 1 unspecified atom stereocenters. The number of aryl methyl sites for hydroxylation is 2. The van der Waals surface area contributed by atoms with E-state index in [2.05, 4.69) is 5.10 Å². The molecular weight excluding hydrogens is 240 g/mol. The number of rotatable bonds is 5. The predicted octanol–water partition coefficient (Wildman–Crippen LogP) is 2.16. The number of aromatic nitrogens is 2. The van der Waals surface area contributed by atoms with Crippen LogP contribution in [-0.2, 0) is 23.0 Å². The number of nitrogens with zero attached hydrogens (tertiary/aromatic N) is 2. The molecule has 1 aromatic heterocycles. The van der Waals surface area contributed by atoms with Crippen LogP contribution in [0.25, 0.3) is 0 Å². The Kier molecular flexibility index (Phi) is 4.71. The van der Waals surface area contributed by atoms with Gasteiger partial charge in [-0.2, -0.15) is 5.10 Å². The molecule has 0 aliphatic heterocycles. The van der Waals surface area contributed by atoms with E-state index in [9.17, 15) is 4.79 Å². The van der Waals surface area contributed by atoms with Crippen LogP contribution in [0.4, 0.5) is 0 Å². The Morgan fingerprint density at radius 2 is 2.12 bits per heavy atom. The van der Waals surface area contributed by atoms with Gasteiger partial charge in [0.05, 0.1) is 22.8 Å². The Bertz CT molecular complexity index is 413. The van der Waals surface area contributed by atoms with Crippen molar-refractivity contribution >= 4 is 17.4 Å².